The molecule has 168 valence electrons. The Morgan fingerprint density at radius 2 is 2.07 bits per heavy atom. The average Bonchev–Trinajstić information content (AvgIpc) is 3.27. The third-order valence-corrected chi connectivity index (χ3v) is 5.45. The number of aliphatic hydroxyl groups is 3. The van der Waals surface area contributed by atoms with Crippen LogP contribution in [0, 0.1) is 0 Å². The predicted molar refractivity (Wildman–Crippen MR) is 110 cm³/mol. The second kappa shape index (κ2) is 9.90. The molecule has 0 aliphatic carbocycles. The van der Waals surface area contributed by atoms with Crippen LogP contribution in [0.2, 0.25) is 0 Å². The minimum Gasteiger partial charge on any atom is -0.394 e. The second-order valence-corrected chi connectivity index (χ2v) is 7.70. The normalized spacial score (nSPS) is 32.8. The first-order valence-electron chi connectivity index (χ1n) is 10.2. The van der Waals surface area contributed by atoms with E-state index in [-0.39, 0.29) is 19.0 Å². The van der Waals surface area contributed by atoms with Gasteiger partial charge < -0.3 is 41.7 Å². The van der Waals surface area contributed by atoms with Crippen molar-refractivity contribution >= 4 is 23.8 Å². The van der Waals surface area contributed by atoms with Gasteiger partial charge in [-0.25, -0.2) is 9.98 Å². The van der Waals surface area contributed by atoms with Gasteiger partial charge in [0.15, 0.2) is 17.7 Å². The molecule has 0 spiro atoms. The van der Waals surface area contributed by atoms with Crippen LogP contribution in [0.25, 0.3) is 0 Å². The number of amides is 1. The third kappa shape index (κ3) is 4.68. The monoisotopic (exact) mass is 425 g/mol. The summed E-state index contributed by atoms with van der Waals surface area (Å²) in [5.74, 6) is 0.0840. The molecule has 3 aliphatic rings. The Kier molecular flexibility index (Phi) is 7.50. The largest absolute Gasteiger partial charge is 0.394 e. The van der Waals surface area contributed by atoms with Gasteiger partial charge in [-0.15, -0.1) is 0 Å². The zero-order valence-corrected chi connectivity index (χ0v) is 16.9. The summed E-state index contributed by atoms with van der Waals surface area (Å²) in [7, 11) is 0. The Bertz CT molecular complexity index is 715. The van der Waals surface area contributed by atoms with Crippen molar-refractivity contribution in [3.05, 3.63) is 0 Å². The Balaban J connectivity index is 1.57. The summed E-state index contributed by atoms with van der Waals surface area (Å²) in [5, 5.41) is 32.4. The molecular formula is C18H31N7O5. The molecule has 5 atom stereocenters. The number of hydrogen-bond acceptors (Lipinski definition) is 11. The number of nitrogens with two attached hydrogens (primary N) is 2. The average molecular weight is 425 g/mol. The lowest BCUT2D eigenvalue weighted by Crippen LogP contribution is -2.57. The number of aliphatic hydroxyl groups excluding tert-OH is 3. The van der Waals surface area contributed by atoms with Gasteiger partial charge in [-0.3, -0.25) is 9.79 Å². The Morgan fingerprint density at radius 1 is 1.30 bits per heavy atom. The van der Waals surface area contributed by atoms with Gasteiger partial charge in [0.2, 0.25) is 5.91 Å². The van der Waals surface area contributed by atoms with Gasteiger partial charge in [0.05, 0.1) is 13.0 Å². The van der Waals surface area contributed by atoms with Gasteiger partial charge in [-0.1, -0.05) is 12.8 Å². The third-order valence-electron chi connectivity index (χ3n) is 5.45. The van der Waals surface area contributed by atoms with E-state index in [0.29, 0.717) is 24.6 Å². The molecule has 3 aliphatic heterocycles. The van der Waals surface area contributed by atoms with Crippen molar-refractivity contribution in [2.24, 2.45) is 26.4 Å². The highest BCUT2D eigenvalue weighted by Crippen LogP contribution is 2.29. The maximum Gasteiger partial charge on any atom is 0.224 e. The van der Waals surface area contributed by atoms with E-state index >= 15 is 0 Å². The van der Waals surface area contributed by atoms with Crippen LogP contribution < -0.4 is 16.8 Å². The van der Waals surface area contributed by atoms with Crippen molar-refractivity contribution in [1.82, 2.24) is 10.2 Å². The molecule has 1 fully saturated rings. The molecule has 0 aromatic heterocycles. The molecule has 3 heterocycles. The minimum absolute atomic E-state index is 0.0752. The number of hydrogen-bond donors (Lipinski definition) is 6. The molecule has 12 heteroatoms. The second-order valence-electron chi connectivity index (χ2n) is 7.70. The van der Waals surface area contributed by atoms with E-state index in [1.807, 2.05) is 0 Å². The summed E-state index contributed by atoms with van der Waals surface area (Å²) >= 11 is 0. The first-order valence-corrected chi connectivity index (χ1v) is 10.2. The number of rotatable bonds is 10. The summed E-state index contributed by atoms with van der Waals surface area (Å²) in [6, 6.07) is 0. The number of amidine groups is 1. The van der Waals surface area contributed by atoms with Crippen LogP contribution in [0.1, 0.15) is 32.1 Å². The van der Waals surface area contributed by atoms with Crippen molar-refractivity contribution in [2.45, 2.75) is 62.3 Å². The van der Waals surface area contributed by atoms with Crippen LogP contribution in [-0.2, 0) is 9.53 Å². The molecule has 1 amide bonds. The minimum atomic E-state index is -1.38. The number of unbranched alkanes of at least 4 members (excludes halogenated alkanes) is 3. The lowest BCUT2D eigenvalue weighted by Gasteiger charge is -2.32. The van der Waals surface area contributed by atoms with E-state index in [9.17, 15) is 20.1 Å². The fourth-order valence-electron chi connectivity index (χ4n) is 3.76. The number of aliphatic imine (C=N–C) groups is 3. The molecule has 0 aromatic rings. The summed E-state index contributed by atoms with van der Waals surface area (Å²) in [6.07, 6.45) is 0.662. The van der Waals surface area contributed by atoms with Gasteiger partial charge >= 0.3 is 0 Å². The lowest BCUT2D eigenvalue weighted by atomic mass is 9.98. The van der Waals surface area contributed by atoms with E-state index in [1.165, 1.54) is 6.34 Å². The predicted octanol–water partition coefficient (Wildman–Crippen LogP) is -2.74. The van der Waals surface area contributed by atoms with Crippen LogP contribution in [0.5, 0.6) is 0 Å². The SMILES string of the molecule is NCCCCCCNC(=O)CC1(N)N=CN=C2C1=NCN2[C@@H]1O[C@H](CO)[C@@H](O)[C@H]1O. The standard InChI is InChI=1S/C18H31N7O5/c19-5-3-1-2-4-6-21-12(27)7-18(20)15-16(22-9-24-18)25(10-23-15)17-14(29)13(28)11(8-26)30-17/h9,11,13-14,17,26,28-29H,1-8,10,19-20H2,(H,21,27)/t11-,13-,14-,17-,18?/m1/s1. The van der Waals surface area contributed by atoms with E-state index in [0.717, 1.165) is 25.7 Å². The molecule has 0 aromatic carbocycles. The van der Waals surface area contributed by atoms with E-state index in [1.54, 1.807) is 4.90 Å². The highest BCUT2D eigenvalue weighted by Gasteiger charge is 2.50. The molecule has 0 saturated carbocycles. The number of nitrogens with one attached hydrogen (secondary N) is 1. The molecular weight excluding hydrogens is 394 g/mol. The van der Waals surface area contributed by atoms with Gasteiger partial charge in [0, 0.05) is 6.54 Å². The number of carbonyl (C=O) groups is 1. The summed E-state index contributed by atoms with van der Waals surface area (Å²) in [5.41, 5.74) is 10.8. The zero-order valence-electron chi connectivity index (χ0n) is 16.9. The Morgan fingerprint density at radius 3 is 2.77 bits per heavy atom. The first kappa shape index (κ1) is 22.7. The Hall–Kier alpha value is -1.96. The number of ether oxygens (including phenoxy) is 1. The number of carbonyl (C=O) groups excluding carboxylic acids is 1. The highest BCUT2D eigenvalue weighted by molar-refractivity contribution is 6.47. The van der Waals surface area contributed by atoms with Crippen LogP contribution >= 0.6 is 0 Å². The highest BCUT2D eigenvalue weighted by atomic mass is 16.6. The van der Waals surface area contributed by atoms with Crippen molar-refractivity contribution in [3.8, 4) is 0 Å². The lowest BCUT2D eigenvalue weighted by molar-refractivity contribution is -0.121. The molecule has 0 radical (unpaired) electrons. The van der Waals surface area contributed by atoms with Crippen LogP contribution in [-0.4, -0.2) is 101 Å². The van der Waals surface area contributed by atoms with Crippen LogP contribution in [0.4, 0.5) is 0 Å². The van der Waals surface area contributed by atoms with Gasteiger partial charge in [-0.05, 0) is 19.4 Å². The maximum atomic E-state index is 12.4. The van der Waals surface area contributed by atoms with Crippen molar-refractivity contribution in [1.29, 1.82) is 0 Å². The van der Waals surface area contributed by atoms with Crippen LogP contribution in [0.15, 0.2) is 15.0 Å². The number of nitrogens with zero attached hydrogens (tertiary/aromatic N) is 4. The summed E-state index contributed by atoms with van der Waals surface area (Å²) in [4.78, 5) is 26.7. The molecule has 1 unspecified atom stereocenters. The number of fused-ring (bicyclic) bond motifs is 1. The van der Waals surface area contributed by atoms with E-state index in [2.05, 4.69) is 20.3 Å². The molecule has 30 heavy (non-hydrogen) atoms. The Labute approximate surface area is 174 Å². The van der Waals surface area contributed by atoms with Gasteiger partial charge in [0.1, 0.15) is 37.0 Å². The quantitative estimate of drug-likeness (QED) is 0.203. The molecule has 1 saturated heterocycles. The fraction of sp³-hybridized carbons (Fsp3) is 0.778. The maximum absolute atomic E-state index is 12.4. The first-order chi connectivity index (χ1) is 14.4. The molecule has 8 N–H and O–H groups in total. The fourth-order valence-corrected chi connectivity index (χ4v) is 3.76. The molecule has 12 nitrogen and oxygen atoms in total. The van der Waals surface area contributed by atoms with E-state index < -0.39 is 36.8 Å². The molecule has 0 bridgehead atoms. The van der Waals surface area contributed by atoms with Crippen molar-refractivity contribution in [2.75, 3.05) is 26.4 Å². The summed E-state index contributed by atoms with van der Waals surface area (Å²) < 4.78 is 5.56. The van der Waals surface area contributed by atoms with Gasteiger partial charge in [-0.2, -0.15) is 0 Å². The van der Waals surface area contributed by atoms with Gasteiger partial charge in [0.25, 0.3) is 0 Å². The van der Waals surface area contributed by atoms with Crippen LogP contribution in [0.3, 0.4) is 0 Å². The van der Waals surface area contributed by atoms with Crippen molar-refractivity contribution in [3.63, 3.8) is 0 Å². The van der Waals surface area contributed by atoms with E-state index in [4.69, 9.17) is 16.2 Å². The van der Waals surface area contributed by atoms with Crippen molar-refractivity contribution < 1.29 is 24.9 Å². The molecule has 3 rings (SSSR count). The topological polar surface area (TPSA) is 191 Å². The smallest absolute Gasteiger partial charge is 0.224 e. The summed E-state index contributed by atoms with van der Waals surface area (Å²) in [6.45, 7) is 0.861. The zero-order chi connectivity index (χ0) is 21.7.